The van der Waals surface area contributed by atoms with Crippen molar-refractivity contribution in [2.45, 2.75) is 13.0 Å². The molecule has 0 unspecified atom stereocenters. The largest absolute Gasteiger partial charge is 0.456 e. The average molecular weight is 431 g/mol. The summed E-state index contributed by atoms with van der Waals surface area (Å²) in [6.45, 7) is 4.93. The number of nitrogens with zero attached hydrogens (tertiary/aromatic N) is 4. The Morgan fingerprint density at radius 3 is 2.72 bits per heavy atom. The van der Waals surface area contributed by atoms with Gasteiger partial charge in [-0.3, -0.25) is 4.98 Å². The number of aliphatic hydroxyl groups is 1. The van der Waals surface area contributed by atoms with E-state index in [0.717, 1.165) is 30.2 Å². The quantitative estimate of drug-likeness (QED) is 0.612. The molecule has 3 N–H and O–H groups in total. The van der Waals surface area contributed by atoms with Crippen LogP contribution in [0, 0.1) is 18.3 Å². The highest BCUT2D eigenvalue weighted by atomic mass is 16.5. The second kappa shape index (κ2) is 9.75. The van der Waals surface area contributed by atoms with E-state index in [-0.39, 0.29) is 6.54 Å². The Hall–Kier alpha value is -3.51. The summed E-state index contributed by atoms with van der Waals surface area (Å²) < 4.78 is 11.7. The lowest BCUT2D eigenvalue weighted by Crippen LogP contribution is -2.36. The zero-order valence-corrected chi connectivity index (χ0v) is 17.9. The van der Waals surface area contributed by atoms with Gasteiger partial charge in [-0.15, -0.1) is 0 Å². The Labute approximate surface area is 186 Å². The molecule has 3 aromatic rings. The van der Waals surface area contributed by atoms with Crippen LogP contribution in [0.4, 0.5) is 5.82 Å². The van der Waals surface area contributed by atoms with Crippen LogP contribution in [0.15, 0.2) is 48.7 Å². The fraction of sp³-hybridized carbons (Fsp3) is 0.292. The molecule has 8 nitrogen and oxygen atoms in total. The molecule has 1 atom stereocenters. The molecule has 3 heterocycles. The van der Waals surface area contributed by atoms with E-state index in [4.69, 9.17) is 15.2 Å². The number of nitrogens with two attached hydrogens (primary N) is 1. The number of hydrogen-bond donors (Lipinski definition) is 2. The second-order valence-electron chi connectivity index (χ2n) is 7.55. The van der Waals surface area contributed by atoms with Crippen molar-refractivity contribution in [3.63, 3.8) is 0 Å². The maximum Gasteiger partial charge on any atom is 0.138 e. The van der Waals surface area contributed by atoms with Crippen molar-refractivity contribution in [1.29, 1.82) is 5.26 Å². The van der Waals surface area contributed by atoms with Crippen molar-refractivity contribution in [3.8, 4) is 28.8 Å². The maximum absolute atomic E-state index is 9.92. The molecule has 1 fully saturated rings. The highest BCUT2D eigenvalue weighted by Gasteiger charge is 2.16. The fourth-order valence-corrected chi connectivity index (χ4v) is 3.55. The number of morpholine rings is 1. The summed E-state index contributed by atoms with van der Waals surface area (Å²) in [6.07, 6.45) is 0.841. The van der Waals surface area contributed by atoms with Crippen molar-refractivity contribution < 1.29 is 14.6 Å². The smallest absolute Gasteiger partial charge is 0.138 e. The van der Waals surface area contributed by atoms with Crippen molar-refractivity contribution in [3.05, 3.63) is 65.5 Å². The SMILES string of the molecule is Cc1cc(Oc2cc(C#N)ccc2-c2ccc([C@@H](O)CN)cn2)cc(N2CCOCC2)n1. The molecule has 164 valence electrons. The number of benzene rings is 1. The van der Waals surface area contributed by atoms with Crippen molar-refractivity contribution in [2.75, 3.05) is 37.7 Å². The molecule has 0 radical (unpaired) electrons. The highest BCUT2D eigenvalue weighted by Crippen LogP contribution is 2.35. The first kappa shape index (κ1) is 21.7. The molecule has 8 heteroatoms. The molecule has 1 aliphatic heterocycles. The van der Waals surface area contributed by atoms with Crippen LogP contribution in [0.5, 0.6) is 11.5 Å². The van der Waals surface area contributed by atoms with Crippen LogP contribution >= 0.6 is 0 Å². The summed E-state index contributed by atoms with van der Waals surface area (Å²) >= 11 is 0. The van der Waals surface area contributed by atoms with E-state index >= 15 is 0 Å². The molecule has 0 saturated carbocycles. The number of ether oxygens (including phenoxy) is 2. The number of aliphatic hydroxyl groups excluding tert-OH is 1. The van der Waals surface area contributed by atoms with Crippen LogP contribution in [0.2, 0.25) is 0 Å². The van der Waals surface area contributed by atoms with Gasteiger partial charge in [-0.05, 0) is 31.2 Å². The van der Waals surface area contributed by atoms with Crippen LogP contribution in [0.1, 0.15) is 22.9 Å². The predicted octanol–water partition coefficient (Wildman–Crippen LogP) is 2.94. The Bertz CT molecular complexity index is 1120. The van der Waals surface area contributed by atoms with Gasteiger partial charge in [-0.1, -0.05) is 6.07 Å². The minimum Gasteiger partial charge on any atom is -0.456 e. The third-order valence-electron chi connectivity index (χ3n) is 5.26. The molecule has 1 aromatic carbocycles. The molecular formula is C24H25N5O3. The van der Waals surface area contributed by atoms with Gasteiger partial charge in [0, 0.05) is 54.8 Å². The third-order valence-corrected chi connectivity index (χ3v) is 5.26. The first-order chi connectivity index (χ1) is 15.6. The Kier molecular flexibility index (Phi) is 6.61. The summed E-state index contributed by atoms with van der Waals surface area (Å²) in [4.78, 5) is 11.3. The number of aryl methyl sites for hydroxylation is 1. The first-order valence-corrected chi connectivity index (χ1v) is 10.4. The summed E-state index contributed by atoms with van der Waals surface area (Å²) in [7, 11) is 0. The van der Waals surface area contributed by atoms with E-state index in [0.29, 0.717) is 41.5 Å². The number of pyridine rings is 2. The van der Waals surface area contributed by atoms with Gasteiger partial charge >= 0.3 is 0 Å². The van der Waals surface area contributed by atoms with E-state index < -0.39 is 6.10 Å². The molecule has 4 rings (SSSR count). The lowest BCUT2D eigenvalue weighted by atomic mass is 10.1. The summed E-state index contributed by atoms with van der Waals surface area (Å²) in [5.41, 5.74) is 8.89. The zero-order chi connectivity index (χ0) is 22.5. The highest BCUT2D eigenvalue weighted by molar-refractivity contribution is 5.69. The molecule has 2 aromatic heterocycles. The topological polar surface area (TPSA) is 118 Å². The summed E-state index contributed by atoms with van der Waals surface area (Å²) in [6, 6.07) is 14.7. The summed E-state index contributed by atoms with van der Waals surface area (Å²) in [5.74, 6) is 1.98. The maximum atomic E-state index is 9.92. The normalized spacial score (nSPS) is 14.6. The van der Waals surface area contributed by atoms with Gasteiger partial charge in [-0.25, -0.2) is 4.98 Å². The van der Waals surface area contributed by atoms with E-state index in [2.05, 4.69) is 20.9 Å². The fourth-order valence-electron chi connectivity index (χ4n) is 3.55. The standard InChI is InChI=1S/C24H25N5O3/c1-16-10-19(12-24(28-16)29-6-8-31-9-7-29)32-23-11-17(13-25)2-4-20(23)21-5-3-18(15-27-21)22(30)14-26/h2-5,10-12,15,22,30H,6-9,14,26H2,1H3/t22-/m0/s1. The molecule has 32 heavy (non-hydrogen) atoms. The van der Waals surface area contributed by atoms with Crippen molar-refractivity contribution in [2.24, 2.45) is 5.73 Å². The third kappa shape index (κ3) is 4.86. The first-order valence-electron chi connectivity index (χ1n) is 10.4. The van der Waals surface area contributed by atoms with Gasteiger partial charge in [0.2, 0.25) is 0 Å². The van der Waals surface area contributed by atoms with Crippen molar-refractivity contribution in [1.82, 2.24) is 9.97 Å². The minimum atomic E-state index is -0.758. The Balaban J connectivity index is 1.68. The Morgan fingerprint density at radius 2 is 2.03 bits per heavy atom. The molecule has 0 amide bonds. The average Bonchev–Trinajstić information content (AvgIpc) is 2.84. The van der Waals surface area contributed by atoms with Gasteiger partial charge in [0.25, 0.3) is 0 Å². The van der Waals surface area contributed by atoms with E-state index in [1.807, 2.05) is 25.1 Å². The molecule has 1 aliphatic rings. The number of hydrogen-bond acceptors (Lipinski definition) is 8. The van der Waals surface area contributed by atoms with Crippen LogP contribution in [0.25, 0.3) is 11.3 Å². The van der Waals surface area contributed by atoms with Crippen molar-refractivity contribution >= 4 is 5.82 Å². The predicted molar refractivity (Wildman–Crippen MR) is 120 cm³/mol. The van der Waals surface area contributed by atoms with Gasteiger partial charge in [-0.2, -0.15) is 5.26 Å². The summed E-state index contributed by atoms with van der Waals surface area (Å²) in [5, 5.41) is 19.3. The van der Waals surface area contributed by atoms with Crippen LogP contribution in [0.3, 0.4) is 0 Å². The monoisotopic (exact) mass is 431 g/mol. The molecule has 0 bridgehead atoms. The Morgan fingerprint density at radius 1 is 1.22 bits per heavy atom. The number of anilines is 1. The number of rotatable bonds is 6. The van der Waals surface area contributed by atoms with Crippen LogP contribution in [-0.4, -0.2) is 47.9 Å². The van der Waals surface area contributed by atoms with Gasteiger partial charge in [0.15, 0.2) is 0 Å². The zero-order valence-electron chi connectivity index (χ0n) is 17.9. The second-order valence-corrected chi connectivity index (χ2v) is 7.55. The van der Waals surface area contributed by atoms with Gasteiger partial charge in [0.1, 0.15) is 17.3 Å². The molecular weight excluding hydrogens is 406 g/mol. The van der Waals surface area contributed by atoms with Gasteiger partial charge < -0.3 is 25.2 Å². The van der Waals surface area contributed by atoms with E-state index in [1.165, 1.54) is 0 Å². The molecule has 0 spiro atoms. The lowest BCUT2D eigenvalue weighted by molar-refractivity contribution is 0.122. The number of aromatic nitrogens is 2. The van der Waals surface area contributed by atoms with Crippen LogP contribution < -0.4 is 15.4 Å². The molecule has 1 saturated heterocycles. The van der Waals surface area contributed by atoms with Gasteiger partial charge in [0.05, 0.1) is 36.6 Å². The molecule has 0 aliphatic carbocycles. The lowest BCUT2D eigenvalue weighted by Gasteiger charge is -2.28. The van der Waals surface area contributed by atoms with E-state index in [9.17, 15) is 10.4 Å². The van der Waals surface area contributed by atoms with E-state index in [1.54, 1.807) is 30.5 Å². The minimum absolute atomic E-state index is 0.124. The van der Waals surface area contributed by atoms with Crippen LogP contribution in [-0.2, 0) is 4.74 Å². The number of nitriles is 1.